The van der Waals surface area contributed by atoms with Gasteiger partial charge in [-0.2, -0.15) is 0 Å². The zero-order chi connectivity index (χ0) is 20.1. The average molecular weight is 370 g/mol. The molecular formula is C22H30N2O3. The summed E-state index contributed by atoms with van der Waals surface area (Å²) in [6.45, 7) is 14.1. The van der Waals surface area contributed by atoms with E-state index in [1.807, 2.05) is 38.1 Å². The Kier molecular flexibility index (Phi) is 10.2. The van der Waals surface area contributed by atoms with Crippen molar-refractivity contribution in [3.05, 3.63) is 61.7 Å². The van der Waals surface area contributed by atoms with Gasteiger partial charge >= 0.3 is 0 Å². The molecule has 0 amide bonds. The number of hydrogen-bond acceptors (Lipinski definition) is 5. The van der Waals surface area contributed by atoms with Gasteiger partial charge < -0.3 is 25.6 Å². The van der Waals surface area contributed by atoms with Crippen LogP contribution in [0.15, 0.2) is 61.7 Å². The monoisotopic (exact) mass is 370 g/mol. The number of anilines is 2. The van der Waals surface area contributed by atoms with Gasteiger partial charge in [-0.1, -0.05) is 24.3 Å². The van der Waals surface area contributed by atoms with Gasteiger partial charge in [0.2, 0.25) is 0 Å². The highest BCUT2D eigenvalue weighted by Gasteiger charge is 2.07. The normalized spacial score (nSPS) is 9.70. The maximum atomic E-state index is 9.86. The van der Waals surface area contributed by atoms with Crippen LogP contribution in [0.5, 0.6) is 11.5 Å². The molecule has 0 spiro atoms. The van der Waals surface area contributed by atoms with Gasteiger partial charge in [0.15, 0.2) is 0 Å². The number of nitrogens with one attached hydrogen (secondary N) is 2. The zero-order valence-electron chi connectivity index (χ0n) is 16.2. The lowest BCUT2D eigenvalue weighted by Gasteiger charge is -2.12. The van der Waals surface area contributed by atoms with Gasteiger partial charge in [0.1, 0.15) is 11.5 Å². The topological polar surface area (TPSA) is 73.8 Å². The Hall–Kier alpha value is -2.92. The molecule has 2 aromatic carbocycles. The minimum Gasteiger partial charge on any atom is -0.506 e. The minimum atomic E-state index is 0.189. The molecule has 0 fully saturated rings. The van der Waals surface area contributed by atoms with Gasteiger partial charge in [-0.3, -0.25) is 0 Å². The third-order valence-electron chi connectivity index (χ3n) is 3.61. The largest absolute Gasteiger partial charge is 0.506 e. The van der Waals surface area contributed by atoms with E-state index in [2.05, 4.69) is 23.8 Å². The molecule has 0 radical (unpaired) electrons. The van der Waals surface area contributed by atoms with Gasteiger partial charge in [0, 0.05) is 26.3 Å². The molecule has 2 rings (SSSR count). The standard InChI is InChI=1S/C18H20N2O2.C4H10O/c1-3-9-19-15-11-13(5-7-17(15)21)14-6-8-18(22)16(12-14)20-10-4-2;1-3-5-4-2/h3-8,11-12,19-22H,1-2,9-10H2;3-4H2,1-2H3. The minimum absolute atomic E-state index is 0.189. The summed E-state index contributed by atoms with van der Waals surface area (Å²) in [6, 6.07) is 10.7. The second-order valence-corrected chi connectivity index (χ2v) is 5.58. The molecule has 0 saturated carbocycles. The van der Waals surface area contributed by atoms with E-state index in [0.29, 0.717) is 24.5 Å². The fourth-order valence-corrected chi connectivity index (χ4v) is 2.28. The quantitative estimate of drug-likeness (QED) is 0.369. The second kappa shape index (κ2) is 12.4. The van der Waals surface area contributed by atoms with E-state index in [9.17, 15) is 10.2 Å². The summed E-state index contributed by atoms with van der Waals surface area (Å²) < 4.78 is 4.83. The molecule has 4 N–H and O–H groups in total. The molecule has 2 aromatic rings. The van der Waals surface area contributed by atoms with Crippen molar-refractivity contribution in [3.8, 4) is 22.6 Å². The fraction of sp³-hybridized carbons (Fsp3) is 0.273. The smallest absolute Gasteiger partial charge is 0.138 e. The number of aromatic hydroxyl groups is 2. The summed E-state index contributed by atoms with van der Waals surface area (Å²) in [7, 11) is 0. The Morgan fingerprint density at radius 1 is 0.815 bits per heavy atom. The number of benzene rings is 2. The van der Waals surface area contributed by atoms with Gasteiger partial charge in [0.25, 0.3) is 0 Å². The van der Waals surface area contributed by atoms with Crippen LogP contribution in [-0.4, -0.2) is 36.5 Å². The van der Waals surface area contributed by atoms with Crippen LogP contribution in [0, 0.1) is 0 Å². The number of rotatable bonds is 9. The summed E-state index contributed by atoms with van der Waals surface area (Å²) in [6.07, 6.45) is 3.45. The molecule has 0 aliphatic heterocycles. The van der Waals surface area contributed by atoms with E-state index in [0.717, 1.165) is 24.3 Å². The van der Waals surface area contributed by atoms with E-state index in [1.54, 1.807) is 24.3 Å². The molecule has 0 aliphatic carbocycles. The van der Waals surface area contributed by atoms with Crippen molar-refractivity contribution >= 4 is 11.4 Å². The first kappa shape index (κ1) is 22.1. The average Bonchev–Trinajstić information content (AvgIpc) is 2.68. The maximum absolute atomic E-state index is 9.86. The van der Waals surface area contributed by atoms with Crippen LogP contribution >= 0.6 is 0 Å². The summed E-state index contributed by atoms with van der Waals surface area (Å²) in [5.74, 6) is 0.378. The molecule has 0 saturated heterocycles. The second-order valence-electron chi connectivity index (χ2n) is 5.58. The van der Waals surface area contributed by atoms with Crippen molar-refractivity contribution in [2.45, 2.75) is 13.8 Å². The summed E-state index contributed by atoms with van der Waals surface area (Å²) in [5.41, 5.74) is 3.16. The van der Waals surface area contributed by atoms with Crippen molar-refractivity contribution in [1.82, 2.24) is 0 Å². The van der Waals surface area contributed by atoms with Crippen molar-refractivity contribution in [2.75, 3.05) is 36.9 Å². The van der Waals surface area contributed by atoms with Crippen LogP contribution < -0.4 is 10.6 Å². The van der Waals surface area contributed by atoms with E-state index >= 15 is 0 Å². The predicted octanol–water partition coefficient (Wildman–Crippen LogP) is 5.00. The van der Waals surface area contributed by atoms with Gasteiger partial charge in [0.05, 0.1) is 11.4 Å². The molecule has 0 bridgehead atoms. The molecule has 0 aromatic heterocycles. The zero-order valence-corrected chi connectivity index (χ0v) is 16.2. The fourth-order valence-electron chi connectivity index (χ4n) is 2.28. The Balaban J connectivity index is 0.000000646. The van der Waals surface area contributed by atoms with Gasteiger partial charge in [-0.15, -0.1) is 13.2 Å². The lowest BCUT2D eigenvalue weighted by atomic mass is 10.0. The lowest BCUT2D eigenvalue weighted by Crippen LogP contribution is -1.99. The first-order chi connectivity index (χ1) is 13.1. The van der Waals surface area contributed by atoms with E-state index in [4.69, 9.17) is 4.74 Å². The van der Waals surface area contributed by atoms with Crippen LogP contribution in [0.2, 0.25) is 0 Å². The molecule has 0 aliphatic rings. The van der Waals surface area contributed by atoms with Crippen LogP contribution in [-0.2, 0) is 4.74 Å². The Morgan fingerprint density at radius 3 is 1.52 bits per heavy atom. The molecule has 0 heterocycles. The number of hydrogen-bond donors (Lipinski definition) is 4. The number of phenols is 2. The third-order valence-corrected chi connectivity index (χ3v) is 3.61. The highest BCUT2D eigenvalue weighted by Crippen LogP contribution is 2.33. The van der Waals surface area contributed by atoms with E-state index in [1.165, 1.54) is 0 Å². The number of phenolic OH excluding ortho intramolecular Hbond substituents is 2. The van der Waals surface area contributed by atoms with E-state index in [-0.39, 0.29) is 11.5 Å². The highest BCUT2D eigenvalue weighted by atomic mass is 16.5. The summed E-state index contributed by atoms with van der Waals surface area (Å²) in [5, 5.41) is 25.9. The molecule has 0 unspecified atom stereocenters. The molecule has 0 atom stereocenters. The Morgan fingerprint density at radius 2 is 1.22 bits per heavy atom. The van der Waals surface area contributed by atoms with E-state index < -0.39 is 0 Å². The lowest BCUT2D eigenvalue weighted by molar-refractivity contribution is 0.162. The molecule has 5 nitrogen and oxygen atoms in total. The summed E-state index contributed by atoms with van der Waals surface area (Å²) in [4.78, 5) is 0. The summed E-state index contributed by atoms with van der Waals surface area (Å²) >= 11 is 0. The molecule has 146 valence electrons. The Bertz CT molecular complexity index is 668. The van der Waals surface area contributed by atoms with Gasteiger partial charge in [-0.25, -0.2) is 0 Å². The van der Waals surface area contributed by atoms with Crippen LogP contribution in [0.4, 0.5) is 11.4 Å². The predicted molar refractivity (Wildman–Crippen MR) is 115 cm³/mol. The van der Waals surface area contributed by atoms with Gasteiger partial charge in [-0.05, 0) is 49.2 Å². The van der Waals surface area contributed by atoms with Crippen molar-refractivity contribution in [3.63, 3.8) is 0 Å². The van der Waals surface area contributed by atoms with Crippen molar-refractivity contribution < 1.29 is 14.9 Å². The molecule has 27 heavy (non-hydrogen) atoms. The first-order valence-corrected chi connectivity index (χ1v) is 9.00. The van der Waals surface area contributed by atoms with Crippen LogP contribution in [0.3, 0.4) is 0 Å². The van der Waals surface area contributed by atoms with Crippen molar-refractivity contribution in [2.24, 2.45) is 0 Å². The first-order valence-electron chi connectivity index (χ1n) is 9.00. The van der Waals surface area contributed by atoms with Crippen LogP contribution in [0.25, 0.3) is 11.1 Å². The van der Waals surface area contributed by atoms with Crippen molar-refractivity contribution in [1.29, 1.82) is 0 Å². The third kappa shape index (κ3) is 7.46. The number of ether oxygens (including phenoxy) is 1. The molecular weight excluding hydrogens is 340 g/mol. The maximum Gasteiger partial charge on any atom is 0.138 e. The van der Waals surface area contributed by atoms with Crippen LogP contribution in [0.1, 0.15) is 13.8 Å². The SMILES string of the molecule is C=CCNc1cc(-c2ccc(O)c(NCC=C)c2)ccc1O.CCOCC. The highest BCUT2D eigenvalue weighted by molar-refractivity contribution is 5.76. The Labute approximate surface area is 162 Å². The molecule has 5 heteroatoms.